The van der Waals surface area contributed by atoms with Crippen molar-refractivity contribution >= 4 is 40.6 Å². The Hall–Kier alpha value is -1.91. The fourth-order valence-electron chi connectivity index (χ4n) is 1.64. The number of anilines is 1. The number of hydrogen-bond donors (Lipinski definition) is 1. The van der Waals surface area contributed by atoms with Crippen LogP contribution in [0.1, 0.15) is 27.6 Å². The van der Waals surface area contributed by atoms with Crippen molar-refractivity contribution in [1.29, 1.82) is 0 Å². The zero-order chi connectivity index (χ0) is 14.7. The second-order valence-corrected chi connectivity index (χ2v) is 4.82. The molecule has 2 rings (SSSR count). The van der Waals surface area contributed by atoms with E-state index in [0.717, 1.165) is 0 Å². The number of nitrogens with zero attached hydrogens (tertiary/aromatic N) is 1. The van der Waals surface area contributed by atoms with Crippen LogP contribution in [0.25, 0.3) is 0 Å². The Morgan fingerprint density at radius 1 is 1.20 bits per heavy atom. The molecule has 0 saturated carbocycles. The number of ketones is 1. The number of pyridine rings is 1. The van der Waals surface area contributed by atoms with E-state index in [1.807, 2.05) is 0 Å². The molecule has 20 heavy (non-hydrogen) atoms. The molecule has 0 aliphatic rings. The van der Waals surface area contributed by atoms with Gasteiger partial charge in [0, 0.05) is 11.8 Å². The molecule has 0 bridgehead atoms. The van der Waals surface area contributed by atoms with E-state index in [4.69, 9.17) is 23.2 Å². The monoisotopic (exact) mass is 308 g/mol. The van der Waals surface area contributed by atoms with Crippen molar-refractivity contribution in [3.05, 3.63) is 57.8 Å². The van der Waals surface area contributed by atoms with Crippen molar-refractivity contribution in [3.8, 4) is 0 Å². The van der Waals surface area contributed by atoms with E-state index in [0.29, 0.717) is 11.3 Å². The number of halogens is 2. The van der Waals surface area contributed by atoms with Crippen LogP contribution in [0.15, 0.2) is 36.5 Å². The maximum atomic E-state index is 12.1. The predicted octanol–water partition coefficient (Wildman–Crippen LogP) is 3.84. The van der Waals surface area contributed by atoms with Gasteiger partial charge in [-0.25, -0.2) is 4.98 Å². The molecule has 102 valence electrons. The number of para-hydroxylation sites is 1. The summed E-state index contributed by atoms with van der Waals surface area (Å²) >= 11 is 11.5. The number of benzene rings is 1. The van der Waals surface area contributed by atoms with E-state index in [2.05, 4.69) is 10.3 Å². The number of Topliss-reactive ketones (excluding diaryl/α,β-unsaturated/α-hetero) is 1. The van der Waals surface area contributed by atoms with Crippen LogP contribution >= 0.6 is 23.2 Å². The minimum absolute atomic E-state index is 0.131. The Bertz CT molecular complexity index is 687. The molecule has 0 aliphatic heterocycles. The fraction of sp³-hybridized carbons (Fsp3) is 0.0714. The first-order valence-electron chi connectivity index (χ1n) is 5.71. The van der Waals surface area contributed by atoms with Gasteiger partial charge in [0.1, 0.15) is 5.15 Å². The van der Waals surface area contributed by atoms with Crippen molar-refractivity contribution in [3.63, 3.8) is 0 Å². The van der Waals surface area contributed by atoms with Crippen molar-refractivity contribution in [2.24, 2.45) is 0 Å². The van der Waals surface area contributed by atoms with E-state index in [1.165, 1.54) is 19.2 Å². The first kappa shape index (κ1) is 14.5. The van der Waals surface area contributed by atoms with E-state index in [1.54, 1.807) is 24.3 Å². The minimum Gasteiger partial charge on any atom is -0.321 e. The van der Waals surface area contributed by atoms with Crippen LogP contribution in [0.5, 0.6) is 0 Å². The third-order valence-corrected chi connectivity index (χ3v) is 3.30. The molecule has 1 heterocycles. The standard InChI is InChI=1S/C14H10Cl2N2O2/c1-8(19)10-4-2-3-5-12(10)18-14(20)9-6-11(15)13(16)17-7-9/h2-7H,1H3,(H,18,20). The molecular formula is C14H10Cl2N2O2. The van der Waals surface area contributed by atoms with Gasteiger partial charge in [-0.2, -0.15) is 0 Å². The Balaban J connectivity index is 2.28. The molecule has 1 aromatic carbocycles. The highest BCUT2D eigenvalue weighted by molar-refractivity contribution is 6.41. The fourth-order valence-corrected chi connectivity index (χ4v) is 1.91. The molecule has 0 aliphatic carbocycles. The molecule has 2 aromatic rings. The van der Waals surface area contributed by atoms with Crippen molar-refractivity contribution < 1.29 is 9.59 Å². The summed E-state index contributed by atoms with van der Waals surface area (Å²) in [5.74, 6) is -0.544. The average molecular weight is 309 g/mol. The van der Waals surface area contributed by atoms with E-state index in [9.17, 15) is 9.59 Å². The van der Waals surface area contributed by atoms with Crippen LogP contribution in [0.4, 0.5) is 5.69 Å². The number of carbonyl (C=O) groups excluding carboxylic acids is 2. The summed E-state index contributed by atoms with van der Waals surface area (Å²) in [6, 6.07) is 8.18. The summed E-state index contributed by atoms with van der Waals surface area (Å²) in [4.78, 5) is 27.4. The smallest absolute Gasteiger partial charge is 0.257 e. The minimum atomic E-state index is -0.412. The van der Waals surface area contributed by atoms with Crippen molar-refractivity contribution in [1.82, 2.24) is 4.98 Å². The van der Waals surface area contributed by atoms with Gasteiger partial charge >= 0.3 is 0 Å². The topological polar surface area (TPSA) is 59.1 Å². The van der Waals surface area contributed by atoms with Crippen LogP contribution in [0.2, 0.25) is 10.2 Å². The molecule has 0 atom stereocenters. The van der Waals surface area contributed by atoms with Gasteiger partial charge in [-0.05, 0) is 25.1 Å². The lowest BCUT2D eigenvalue weighted by Gasteiger charge is -2.09. The molecule has 0 fully saturated rings. The maximum absolute atomic E-state index is 12.1. The van der Waals surface area contributed by atoms with Crippen LogP contribution < -0.4 is 5.32 Å². The Morgan fingerprint density at radius 2 is 1.90 bits per heavy atom. The summed E-state index contributed by atoms with van der Waals surface area (Å²) in [6.45, 7) is 1.44. The van der Waals surface area contributed by atoms with E-state index in [-0.39, 0.29) is 21.5 Å². The predicted molar refractivity (Wildman–Crippen MR) is 78.7 cm³/mol. The van der Waals surface area contributed by atoms with Crippen LogP contribution in [-0.4, -0.2) is 16.7 Å². The molecular weight excluding hydrogens is 299 g/mol. The first-order valence-corrected chi connectivity index (χ1v) is 6.47. The normalized spacial score (nSPS) is 10.2. The van der Waals surface area contributed by atoms with Gasteiger partial charge < -0.3 is 5.32 Å². The number of hydrogen-bond acceptors (Lipinski definition) is 3. The van der Waals surface area contributed by atoms with Gasteiger partial charge in [0.15, 0.2) is 5.78 Å². The van der Waals surface area contributed by atoms with Crippen LogP contribution in [0.3, 0.4) is 0 Å². The van der Waals surface area contributed by atoms with Crippen molar-refractivity contribution in [2.75, 3.05) is 5.32 Å². The molecule has 0 saturated heterocycles. The van der Waals surface area contributed by atoms with Gasteiger partial charge in [-0.1, -0.05) is 35.3 Å². The zero-order valence-electron chi connectivity index (χ0n) is 10.5. The third kappa shape index (κ3) is 3.15. The highest BCUT2D eigenvalue weighted by Crippen LogP contribution is 2.21. The lowest BCUT2D eigenvalue weighted by molar-refractivity contribution is 0.101. The third-order valence-electron chi connectivity index (χ3n) is 2.61. The van der Waals surface area contributed by atoms with E-state index < -0.39 is 5.91 Å². The van der Waals surface area contributed by atoms with Gasteiger partial charge in [-0.3, -0.25) is 9.59 Å². The summed E-state index contributed by atoms with van der Waals surface area (Å²) < 4.78 is 0. The van der Waals surface area contributed by atoms with Crippen LogP contribution in [-0.2, 0) is 0 Å². The molecule has 1 amide bonds. The number of carbonyl (C=O) groups is 2. The lowest BCUT2D eigenvalue weighted by Crippen LogP contribution is -2.14. The molecule has 1 N–H and O–H groups in total. The molecule has 0 radical (unpaired) electrons. The molecule has 0 unspecified atom stereocenters. The van der Waals surface area contributed by atoms with Gasteiger partial charge in [-0.15, -0.1) is 0 Å². The second-order valence-electron chi connectivity index (χ2n) is 4.05. The summed E-state index contributed by atoms with van der Waals surface area (Å²) in [5.41, 5.74) is 1.14. The molecule has 1 aromatic heterocycles. The van der Waals surface area contributed by atoms with E-state index >= 15 is 0 Å². The Morgan fingerprint density at radius 3 is 2.55 bits per heavy atom. The molecule has 0 spiro atoms. The number of amides is 1. The number of nitrogens with one attached hydrogen (secondary N) is 1. The summed E-state index contributed by atoms with van der Waals surface area (Å²) in [6.07, 6.45) is 1.32. The average Bonchev–Trinajstić information content (AvgIpc) is 2.42. The van der Waals surface area contributed by atoms with Crippen LogP contribution in [0, 0.1) is 0 Å². The second kappa shape index (κ2) is 6.03. The van der Waals surface area contributed by atoms with Gasteiger partial charge in [0.05, 0.1) is 16.3 Å². The number of rotatable bonds is 3. The quantitative estimate of drug-likeness (QED) is 0.692. The highest BCUT2D eigenvalue weighted by atomic mass is 35.5. The summed E-state index contributed by atoms with van der Waals surface area (Å²) in [7, 11) is 0. The molecule has 4 nitrogen and oxygen atoms in total. The lowest BCUT2D eigenvalue weighted by atomic mass is 10.1. The largest absolute Gasteiger partial charge is 0.321 e. The zero-order valence-corrected chi connectivity index (χ0v) is 12.0. The number of aromatic nitrogens is 1. The van der Waals surface area contributed by atoms with Crippen molar-refractivity contribution in [2.45, 2.75) is 6.92 Å². The van der Waals surface area contributed by atoms with Gasteiger partial charge in [0.2, 0.25) is 0 Å². The Labute approximate surface area is 125 Å². The summed E-state index contributed by atoms with van der Waals surface area (Å²) in [5, 5.41) is 2.98. The SMILES string of the molecule is CC(=O)c1ccccc1NC(=O)c1cnc(Cl)c(Cl)c1. The molecule has 6 heteroatoms. The van der Waals surface area contributed by atoms with Gasteiger partial charge in [0.25, 0.3) is 5.91 Å². The highest BCUT2D eigenvalue weighted by Gasteiger charge is 2.12. The Kier molecular flexibility index (Phi) is 4.37. The first-order chi connectivity index (χ1) is 9.49. The maximum Gasteiger partial charge on any atom is 0.257 e.